The van der Waals surface area contributed by atoms with Crippen molar-refractivity contribution in [2.75, 3.05) is 12.4 Å². The zero-order valence-corrected chi connectivity index (χ0v) is 20.3. The summed E-state index contributed by atoms with van der Waals surface area (Å²) in [6, 6.07) is -1.77. The number of anilines is 1. The van der Waals surface area contributed by atoms with Crippen LogP contribution < -0.4 is 10.6 Å². The number of ketones is 1. The Hall–Kier alpha value is -3.58. The van der Waals surface area contributed by atoms with E-state index in [0.29, 0.717) is 17.8 Å². The lowest BCUT2D eigenvalue weighted by Crippen LogP contribution is -2.47. The number of aromatic nitrogens is 2. The molecule has 1 aromatic heterocycles. The van der Waals surface area contributed by atoms with Crippen molar-refractivity contribution < 1.29 is 45.5 Å². The molecule has 8 nitrogen and oxygen atoms in total. The van der Waals surface area contributed by atoms with Crippen LogP contribution >= 0.6 is 0 Å². The number of hydrogen-bond donors (Lipinski definition) is 2. The number of amides is 2. The second-order valence-electron chi connectivity index (χ2n) is 8.74. The number of carbonyl (C=O) groups is 3. The third-order valence-electron chi connectivity index (χ3n) is 5.34. The maximum Gasteiger partial charge on any atom is 0.416 e. The Balaban J connectivity index is 2.20. The molecule has 0 saturated heterocycles. The van der Waals surface area contributed by atoms with Gasteiger partial charge < -0.3 is 19.9 Å². The number of carbonyl (C=O) groups excluding carboxylic acids is 3. The van der Waals surface area contributed by atoms with Gasteiger partial charge in [0.25, 0.3) is 0 Å². The number of alkyl halides is 6. The maximum atomic E-state index is 13.1. The highest BCUT2D eigenvalue weighted by Gasteiger charge is 2.37. The molecule has 1 aromatic carbocycles. The number of halogens is 6. The van der Waals surface area contributed by atoms with Gasteiger partial charge in [0.2, 0.25) is 0 Å². The highest BCUT2D eigenvalue weighted by molar-refractivity contribution is 5.95. The van der Waals surface area contributed by atoms with Crippen LogP contribution in [0.2, 0.25) is 0 Å². The molecule has 2 amide bonds. The van der Waals surface area contributed by atoms with Gasteiger partial charge in [0, 0.05) is 31.8 Å². The Morgan fingerprint density at radius 2 is 1.59 bits per heavy atom. The number of urea groups is 1. The van der Waals surface area contributed by atoms with E-state index in [9.17, 15) is 40.7 Å². The van der Waals surface area contributed by atoms with Gasteiger partial charge in [0.1, 0.15) is 0 Å². The Kier molecular flexibility index (Phi) is 9.33. The molecule has 0 spiro atoms. The van der Waals surface area contributed by atoms with E-state index in [-0.39, 0.29) is 18.9 Å². The molecule has 14 heteroatoms. The Bertz CT molecular complexity index is 1090. The number of methoxy groups -OCH3 is 1. The summed E-state index contributed by atoms with van der Waals surface area (Å²) in [5.74, 6) is -2.74. The van der Waals surface area contributed by atoms with Gasteiger partial charge in [-0.25, -0.2) is 9.78 Å². The molecule has 2 atom stereocenters. The second-order valence-corrected chi connectivity index (χ2v) is 8.74. The number of rotatable bonds is 9. The Morgan fingerprint density at radius 1 is 1.03 bits per heavy atom. The number of aryl methyl sites for hydroxylation is 1. The lowest BCUT2D eigenvalue weighted by Gasteiger charge is -2.23. The van der Waals surface area contributed by atoms with Crippen molar-refractivity contribution >= 4 is 23.5 Å². The molecule has 2 N–H and O–H groups in total. The summed E-state index contributed by atoms with van der Waals surface area (Å²) in [6.07, 6.45) is -7.32. The van der Waals surface area contributed by atoms with Crippen molar-refractivity contribution in [3.63, 3.8) is 0 Å². The van der Waals surface area contributed by atoms with E-state index in [1.165, 1.54) is 6.33 Å². The highest BCUT2D eigenvalue weighted by atomic mass is 19.4. The first-order valence-electron chi connectivity index (χ1n) is 11.0. The van der Waals surface area contributed by atoms with E-state index in [2.05, 4.69) is 10.3 Å². The summed E-state index contributed by atoms with van der Waals surface area (Å²) < 4.78 is 84.9. The van der Waals surface area contributed by atoms with Crippen molar-refractivity contribution in [3.8, 4) is 0 Å². The van der Waals surface area contributed by atoms with Crippen LogP contribution in [0.15, 0.2) is 30.7 Å². The van der Waals surface area contributed by atoms with Crippen molar-refractivity contribution in [1.29, 1.82) is 0 Å². The third-order valence-corrected chi connectivity index (χ3v) is 5.34. The molecule has 0 saturated carbocycles. The maximum absolute atomic E-state index is 13.1. The molecule has 0 aliphatic carbocycles. The molecular weight excluding hydrogens is 510 g/mol. The Labute approximate surface area is 208 Å². The normalized spacial score (nSPS) is 13.7. The second kappa shape index (κ2) is 11.6. The minimum Gasteiger partial charge on any atom is -0.469 e. The number of Topliss-reactive ketones (excluding diaryl/α,β-unsaturated/α-hetero) is 1. The summed E-state index contributed by atoms with van der Waals surface area (Å²) in [7, 11) is 2.86. The van der Waals surface area contributed by atoms with Crippen LogP contribution in [0.1, 0.15) is 37.1 Å². The fourth-order valence-corrected chi connectivity index (χ4v) is 3.55. The first kappa shape index (κ1) is 29.6. The van der Waals surface area contributed by atoms with Gasteiger partial charge in [-0.15, -0.1) is 0 Å². The smallest absolute Gasteiger partial charge is 0.416 e. The van der Waals surface area contributed by atoms with Crippen LogP contribution in [0.25, 0.3) is 0 Å². The van der Waals surface area contributed by atoms with Gasteiger partial charge in [-0.05, 0) is 24.1 Å². The van der Waals surface area contributed by atoms with E-state index in [4.69, 9.17) is 4.74 Å². The number of imidazole rings is 1. The zero-order chi connectivity index (χ0) is 28.1. The van der Waals surface area contributed by atoms with Crippen LogP contribution in [-0.4, -0.2) is 40.5 Å². The van der Waals surface area contributed by atoms with Crippen molar-refractivity contribution in [2.45, 2.75) is 45.1 Å². The number of nitrogens with one attached hydrogen (secondary N) is 2. The molecule has 1 heterocycles. The van der Waals surface area contributed by atoms with E-state index in [1.807, 2.05) is 5.32 Å². The monoisotopic (exact) mass is 536 g/mol. The summed E-state index contributed by atoms with van der Waals surface area (Å²) in [5, 5.41) is 4.21. The minimum absolute atomic E-state index is 0.0702. The summed E-state index contributed by atoms with van der Waals surface area (Å²) >= 11 is 0. The van der Waals surface area contributed by atoms with E-state index in [0.717, 1.165) is 7.11 Å². The molecule has 0 aliphatic heterocycles. The average Bonchev–Trinajstić information content (AvgIpc) is 3.19. The molecular formula is C23H26F6N4O4. The number of ether oxygens (including phenoxy) is 1. The topological polar surface area (TPSA) is 102 Å². The fourth-order valence-electron chi connectivity index (χ4n) is 3.55. The van der Waals surface area contributed by atoms with Crippen molar-refractivity contribution in [2.24, 2.45) is 18.9 Å². The van der Waals surface area contributed by atoms with Crippen molar-refractivity contribution in [1.82, 2.24) is 14.9 Å². The molecule has 37 heavy (non-hydrogen) atoms. The fraction of sp³-hybridized carbons (Fsp3) is 0.478. The van der Waals surface area contributed by atoms with Gasteiger partial charge in [-0.2, -0.15) is 26.3 Å². The largest absolute Gasteiger partial charge is 0.469 e. The van der Waals surface area contributed by atoms with E-state index < -0.39 is 64.8 Å². The average molecular weight is 536 g/mol. The number of nitrogens with zero attached hydrogens (tertiary/aromatic N) is 2. The van der Waals surface area contributed by atoms with E-state index >= 15 is 0 Å². The van der Waals surface area contributed by atoms with Crippen LogP contribution in [0.5, 0.6) is 0 Å². The first-order valence-corrected chi connectivity index (χ1v) is 11.0. The third kappa shape index (κ3) is 8.50. The van der Waals surface area contributed by atoms with Crippen LogP contribution in [0.4, 0.5) is 36.8 Å². The standard InChI is InChI=1S/C23H26F6N4O4/c1-12(2)19(18(34)6-13(20(35)37-4)5-17-10-33(3)11-30-17)32-21(36)31-16-8-14(22(24,25)26)7-15(9-16)23(27,28)29/h7-13,19H,5-6H2,1-4H3,(H2,31,32,36)/t13-,19+/m1/s1. The van der Waals surface area contributed by atoms with Gasteiger partial charge in [0.15, 0.2) is 5.78 Å². The molecule has 0 aliphatic rings. The minimum atomic E-state index is -5.10. The van der Waals surface area contributed by atoms with Gasteiger partial charge in [-0.1, -0.05) is 13.8 Å². The van der Waals surface area contributed by atoms with Crippen LogP contribution in [-0.2, 0) is 40.1 Å². The SMILES string of the molecule is COC(=O)[C@@H](CC(=O)[C@@H](NC(=O)Nc1cc(C(F)(F)F)cc(C(F)(F)F)c1)C(C)C)Cc1cn(C)cn1. The van der Waals surface area contributed by atoms with Crippen LogP contribution in [0.3, 0.4) is 0 Å². The van der Waals surface area contributed by atoms with Crippen molar-refractivity contribution in [3.05, 3.63) is 47.5 Å². The molecule has 0 fully saturated rings. The molecule has 2 rings (SSSR count). The molecule has 0 radical (unpaired) electrons. The summed E-state index contributed by atoms with van der Waals surface area (Å²) in [5.41, 5.74) is -3.46. The zero-order valence-electron chi connectivity index (χ0n) is 20.3. The van der Waals surface area contributed by atoms with Gasteiger partial charge in [-0.3, -0.25) is 9.59 Å². The number of benzene rings is 1. The molecule has 2 aromatic rings. The number of hydrogen-bond acceptors (Lipinski definition) is 5. The number of esters is 1. The quantitative estimate of drug-likeness (QED) is 0.361. The predicted molar refractivity (Wildman–Crippen MR) is 119 cm³/mol. The first-order chi connectivity index (χ1) is 17.0. The summed E-state index contributed by atoms with van der Waals surface area (Å²) in [4.78, 5) is 41.8. The molecule has 204 valence electrons. The van der Waals surface area contributed by atoms with E-state index in [1.54, 1.807) is 31.7 Å². The lowest BCUT2D eigenvalue weighted by molar-refractivity contribution is -0.147. The lowest BCUT2D eigenvalue weighted by atomic mass is 9.90. The van der Waals surface area contributed by atoms with Gasteiger partial charge >= 0.3 is 24.4 Å². The highest BCUT2D eigenvalue weighted by Crippen LogP contribution is 2.37. The summed E-state index contributed by atoms with van der Waals surface area (Å²) in [6.45, 7) is 3.14. The molecule has 0 unspecified atom stereocenters. The Morgan fingerprint density at radius 3 is 2.03 bits per heavy atom. The van der Waals surface area contributed by atoms with Crippen LogP contribution in [0, 0.1) is 11.8 Å². The molecule has 0 bridgehead atoms. The van der Waals surface area contributed by atoms with Gasteiger partial charge in [0.05, 0.1) is 42.2 Å². The predicted octanol–water partition coefficient (Wildman–Crippen LogP) is 4.59.